The number of carbonyl (C=O) groups is 2. The van der Waals surface area contributed by atoms with Crippen molar-refractivity contribution in [2.24, 2.45) is 0 Å². The molecule has 7 nitrogen and oxygen atoms in total. The highest BCUT2D eigenvalue weighted by Gasteiger charge is 2.38. The SMILES string of the molecule is O=C1NC(Cc2c[nH]c3ccccc23)C(=O)N1Cc1cc(-c2ccc(Cl)cc2)no1. The molecule has 4 aromatic rings. The zero-order valence-electron chi connectivity index (χ0n) is 15.8. The lowest BCUT2D eigenvalue weighted by atomic mass is 10.1. The number of hydrogen-bond donors (Lipinski definition) is 2. The Bertz CT molecular complexity index is 1240. The minimum atomic E-state index is -0.615. The zero-order valence-corrected chi connectivity index (χ0v) is 16.5. The Morgan fingerprint density at radius 1 is 1.10 bits per heavy atom. The van der Waals surface area contributed by atoms with Gasteiger partial charge in [-0.3, -0.25) is 9.69 Å². The van der Waals surface area contributed by atoms with E-state index in [1.165, 1.54) is 0 Å². The number of carbonyl (C=O) groups excluding carboxylic acids is 2. The standard InChI is InChI=1S/C22H17ClN4O3/c23-15-7-5-13(6-8-15)19-10-16(30-26-19)12-27-21(28)20(25-22(27)29)9-14-11-24-18-4-2-1-3-17(14)18/h1-8,10-11,20,24H,9,12H2,(H,25,29). The molecule has 3 amide bonds. The molecule has 1 aliphatic heterocycles. The molecule has 2 N–H and O–H groups in total. The van der Waals surface area contributed by atoms with Crippen LogP contribution in [-0.2, 0) is 17.8 Å². The Balaban J connectivity index is 1.31. The molecule has 0 saturated carbocycles. The number of aromatic amines is 1. The van der Waals surface area contributed by atoms with Crippen molar-refractivity contribution in [2.75, 3.05) is 0 Å². The maximum absolute atomic E-state index is 12.9. The van der Waals surface area contributed by atoms with Crippen LogP contribution < -0.4 is 5.32 Å². The second kappa shape index (κ2) is 7.35. The lowest BCUT2D eigenvalue weighted by molar-refractivity contribution is -0.128. The number of fused-ring (bicyclic) bond motifs is 1. The quantitative estimate of drug-likeness (QED) is 0.475. The molecule has 3 heterocycles. The molecule has 2 aromatic carbocycles. The van der Waals surface area contributed by atoms with Gasteiger partial charge in [0.2, 0.25) is 0 Å². The third-order valence-electron chi connectivity index (χ3n) is 5.22. The minimum Gasteiger partial charge on any atom is -0.361 e. The van der Waals surface area contributed by atoms with Gasteiger partial charge >= 0.3 is 6.03 Å². The number of urea groups is 1. The van der Waals surface area contributed by atoms with E-state index in [0.717, 1.165) is 26.9 Å². The van der Waals surface area contributed by atoms with Crippen LogP contribution in [0.4, 0.5) is 4.79 Å². The van der Waals surface area contributed by atoms with Crippen LogP contribution in [0.3, 0.4) is 0 Å². The fraction of sp³-hybridized carbons (Fsp3) is 0.136. The zero-order chi connectivity index (χ0) is 20.7. The molecule has 1 fully saturated rings. The van der Waals surface area contributed by atoms with Crippen LogP contribution in [0.2, 0.25) is 5.02 Å². The van der Waals surface area contributed by atoms with E-state index in [9.17, 15) is 9.59 Å². The molecule has 2 aromatic heterocycles. The Morgan fingerprint density at radius 3 is 2.73 bits per heavy atom. The minimum absolute atomic E-state index is 0.0235. The first-order valence-corrected chi connectivity index (χ1v) is 9.85. The van der Waals surface area contributed by atoms with Crippen LogP contribution in [0.25, 0.3) is 22.2 Å². The number of H-pyrrole nitrogens is 1. The fourth-order valence-electron chi connectivity index (χ4n) is 3.69. The average Bonchev–Trinajstić information content (AvgIpc) is 3.44. The monoisotopic (exact) mass is 420 g/mol. The summed E-state index contributed by atoms with van der Waals surface area (Å²) in [6, 6.07) is 15.7. The summed E-state index contributed by atoms with van der Waals surface area (Å²) in [7, 11) is 0. The van der Waals surface area contributed by atoms with Crippen molar-refractivity contribution in [3.8, 4) is 11.3 Å². The van der Waals surface area contributed by atoms with E-state index in [4.69, 9.17) is 16.1 Å². The molecule has 150 valence electrons. The highest BCUT2D eigenvalue weighted by molar-refractivity contribution is 6.30. The van der Waals surface area contributed by atoms with Crippen molar-refractivity contribution in [1.29, 1.82) is 0 Å². The van der Waals surface area contributed by atoms with Gasteiger partial charge in [0, 0.05) is 40.2 Å². The van der Waals surface area contributed by atoms with Gasteiger partial charge in [-0.2, -0.15) is 0 Å². The number of imide groups is 1. The molecule has 0 radical (unpaired) electrons. The van der Waals surface area contributed by atoms with Gasteiger partial charge in [0.05, 0.1) is 6.54 Å². The molecular weight excluding hydrogens is 404 g/mol. The first-order chi connectivity index (χ1) is 14.6. The number of amides is 3. The molecule has 1 saturated heterocycles. The smallest absolute Gasteiger partial charge is 0.325 e. The van der Waals surface area contributed by atoms with Crippen LogP contribution >= 0.6 is 11.6 Å². The third kappa shape index (κ3) is 3.33. The second-order valence-electron chi connectivity index (χ2n) is 7.18. The number of para-hydroxylation sites is 1. The van der Waals surface area contributed by atoms with E-state index in [-0.39, 0.29) is 12.5 Å². The Kier molecular flexibility index (Phi) is 4.52. The van der Waals surface area contributed by atoms with E-state index in [2.05, 4.69) is 15.5 Å². The van der Waals surface area contributed by atoms with Crippen molar-refractivity contribution in [2.45, 2.75) is 19.0 Å². The molecular formula is C22H17ClN4O3. The Morgan fingerprint density at radius 2 is 1.90 bits per heavy atom. The third-order valence-corrected chi connectivity index (χ3v) is 5.47. The van der Waals surface area contributed by atoms with Crippen LogP contribution in [0.15, 0.2) is 65.3 Å². The number of rotatable bonds is 5. The van der Waals surface area contributed by atoms with Crippen LogP contribution in [0.1, 0.15) is 11.3 Å². The molecule has 5 rings (SSSR count). The summed E-state index contributed by atoms with van der Waals surface area (Å²) >= 11 is 5.91. The lowest BCUT2D eigenvalue weighted by Gasteiger charge is -2.10. The topological polar surface area (TPSA) is 91.2 Å². The van der Waals surface area contributed by atoms with Crippen LogP contribution in [-0.4, -0.2) is 33.0 Å². The summed E-state index contributed by atoms with van der Waals surface area (Å²) < 4.78 is 5.34. The summed E-state index contributed by atoms with van der Waals surface area (Å²) in [5.74, 6) is 0.144. The maximum atomic E-state index is 12.9. The van der Waals surface area contributed by atoms with Gasteiger partial charge in [-0.1, -0.05) is 47.1 Å². The van der Waals surface area contributed by atoms with Gasteiger partial charge in [-0.25, -0.2) is 4.79 Å². The number of benzene rings is 2. The van der Waals surface area contributed by atoms with E-state index >= 15 is 0 Å². The van der Waals surface area contributed by atoms with Crippen molar-refractivity contribution < 1.29 is 14.1 Å². The molecule has 1 unspecified atom stereocenters. The van der Waals surface area contributed by atoms with E-state index in [1.54, 1.807) is 18.2 Å². The predicted octanol–water partition coefficient (Wildman–Crippen LogP) is 4.14. The summed E-state index contributed by atoms with van der Waals surface area (Å²) in [4.78, 5) is 29.6. The highest BCUT2D eigenvalue weighted by Crippen LogP contribution is 2.24. The van der Waals surface area contributed by atoms with Gasteiger partial charge in [0.1, 0.15) is 11.7 Å². The molecule has 1 aliphatic rings. The number of nitrogens with zero attached hydrogens (tertiary/aromatic N) is 2. The summed E-state index contributed by atoms with van der Waals surface area (Å²) in [6.07, 6.45) is 2.29. The summed E-state index contributed by atoms with van der Waals surface area (Å²) in [5, 5.41) is 8.47. The number of hydrogen-bond acceptors (Lipinski definition) is 4. The van der Waals surface area contributed by atoms with Crippen molar-refractivity contribution >= 4 is 34.4 Å². The summed E-state index contributed by atoms with van der Waals surface area (Å²) in [5.41, 5.74) is 3.43. The van der Waals surface area contributed by atoms with Crippen molar-refractivity contribution in [3.05, 3.63) is 77.1 Å². The van der Waals surface area contributed by atoms with E-state index in [1.807, 2.05) is 42.6 Å². The maximum Gasteiger partial charge on any atom is 0.325 e. The number of halogens is 1. The number of aromatic nitrogens is 2. The Labute approximate surface area is 176 Å². The largest absolute Gasteiger partial charge is 0.361 e. The lowest BCUT2D eigenvalue weighted by Crippen LogP contribution is -2.32. The van der Waals surface area contributed by atoms with E-state index < -0.39 is 12.1 Å². The van der Waals surface area contributed by atoms with Crippen LogP contribution in [0, 0.1) is 0 Å². The van der Waals surface area contributed by atoms with Gasteiger partial charge in [0.15, 0.2) is 5.76 Å². The van der Waals surface area contributed by atoms with Crippen LogP contribution in [0.5, 0.6) is 0 Å². The predicted molar refractivity (Wildman–Crippen MR) is 112 cm³/mol. The van der Waals surface area contributed by atoms with Gasteiger partial charge in [0.25, 0.3) is 5.91 Å². The van der Waals surface area contributed by atoms with Crippen molar-refractivity contribution in [1.82, 2.24) is 20.4 Å². The highest BCUT2D eigenvalue weighted by atomic mass is 35.5. The van der Waals surface area contributed by atoms with E-state index in [0.29, 0.717) is 22.9 Å². The molecule has 0 bridgehead atoms. The average molecular weight is 421 g/mol. The molecule has 1 atom stereocenters. The molecule has 0 spiro atoms. The first kappa shape index (κ1) is 18.4. The van der Waals surface area contributed by atoms with Gasteiger partial charge in [-0.15, -0.1) is 0 Å². The van der Waals surface area contributed by atoms with Gasteiger partial charge in [-0.05, 0) is 23.8 Å². The second-order valence-corrected chi connectivity index (χ2v) is 7.61. The number of nitrogens with one attached hydrogen (secondary N) is 2. The van der Waals surface area contributed by atoms with Crippen molar-refractivity contribution in [3.63, 3.8) is 0 Å². The Hall–Kier alpha value is -3.58. The molecule has 8 heteroatoms. The molecule has 30 heavy (non-hydrogen) atoms. The summed E-state index contributed by atoms with van der Waals surface area (Å²) in [6.45, 7) is 0.0235. The molecule has 0 aliphatic carbocycles. The first-order valence-electron chi connectivity index (χ1n) is 9.47. The van der Waals surface area contributed by atoms with Gasteiger partial charge < -0.3 is 14.8 Å². The fourth-order valence-corrected chi connectivity index (χ4v) is 3.81. The normalized spacial score (nSPS) is 16.4.